The van der Waals surface area contributed by atoms with Crippen molar-refractivity contribution in [3.05, 3.63) is 0 Å². The van der Waals surface area contributed by atoms with E-state index in [9.17, 15) is 9.13 Å². The van der Waals surface area contributed by atoms with Crippen LogP contribution in [-0.4, -0.2) is 24.0 Å². The van der Waals surface area contributed by atoms with Gasteiger partial charge in [0.2, 0.25) is 0 Å². The lowest BCUT2D eigenvalue weighted by Crippen LogP contribution is -2.08. The minimum absolute atomic E-state index is 0.920. The van der Waals surface area contributed by atoms with E-state index in [0.717, 1.165) is 14.2 Å². The van der Waals surface area contributed by atoms with Gasteiger partial charge >= 0.3 is 15.5 Å². The van der Waals surface area contributed by atoms with Crippen LogP contribution in [0.25, 0.3) is 0 Å². The molecule has 0 bridgehead atoms. The van der Waals surface area contributed by atoms with Gasteiger partial charge in [-0.15, -0.1) is 4.86 Å². The van der Waals surface area contributed by atoms with Crippen LogP contribution in [0.3, 0.4) is 0 Å². The van der Waals surface area contributed by atoms with Crippen molar-refractivity contribution in [2.24, 2.45) is 0 Å². The van der Waals surface area contributed by atoms with Gasteiger partial charge < -0.3 is 9.79 Å². The maximum absolute atomic E-state index is 10.6. The van der Waals surface area contributed by atoms with Gasteiger partial charge in [0.25, 0.3) is 0 Å². The molecule has 0 heterocycles. The average Bonchev–Trinajstić information content (AvgIpc) is 1.86. The Bertz CT molecular complexity index is 193. The quantitative estimate of drug-likeness (QED) is 0.557. The van der Waals surface area contributed by atoms with Gasteiger partial charge in [0.1, 0.15) is 0 Å². The Morgan fingerprint density at radius 2 is 1.36 bits per heavy atom. The highest BCUT2D eigenvalue weighted by atomic mass is 31.3. The zero-order valence-electron chi connectivity index (χ0n) is 5.92. The Labute approximate surface area is 63.5 Å². The lowest BCUT2D eigenvalue weighted by molar-refractivity contribution is 0.284. The smallest absolute Gasteiger partial charge is 0.312 e. The van der Waals surface area contributed by atoms with Crippen LogP contribution in [0.15, 0.2) is 0 Å². The molecule has 9 heteroatoms. The summed E-state index contributed by atoms with van der Waals surface area (Å²) >= 11 is 0. The Kier molecular flexibility index (Phi) is 3.87. The molecule has 0 rings (SSSR count). The fraction of sp³-hybridized carbons (Fsp3) is 1.00. The number of hydrogen-bond donors (Lipinski definition) is 3. The summed E-state index contributed by atoms with van der Waals surface area (Å²) in [5.74, 6) is 0. The first-order valence-electron chi connectivity index (χ1n) is 2.39. The lowest BCUT2D eigenvalue weighted by atomic mass is 11.8. The maximum atomic E-state index is 10.6. The molecule has 0 saturated carbocycles. The zero-order chi connectivity index (χ0) is 9.12. The third-order valence-corrected chi connectivity index (χ3v) is 3.76. The molecule has 0 aliphatic rings. The summed E-state index contributed by atoms with van der Waals surface area (Å²) in [5, 5.41) is 0. The monoisotopic (exact) mass is 205 g/mol. The lowest BCUT2D eigenvalue weighted by Gasteiger charge is -2.13. The molecule has 7 nitrogen and oxygen atoms in total. The molecule has 0 radical (unpaired) electrons. The van der Waals surface area contributed by atoms with E-state index >= 15 is 0 Å². The number of rotatable bonds is 4. The largest absolute Gasteiger partial charge is 0.412 e. The molecule has 0 aromatic rings. The second-order valence-corrected chi connectivity index (χ2v) is 5.12. The Balaban J connectivity index is 4.26. The third-order valence-electron chi connectivity index (χ3n) is 0.748. The van der Waals surface area contributed by atoms with Crippen molar-refractivity contribution >= 4 is 15.5 Å². The molecule has 0 aliphatic heterocycles. The summed E-state index contributed by atoms with van der Waals surface area (Å²) < 4.78 is 29.1. The summed E-state index contributed by atoms with van der Waals surface area (Å²) in [5.41, 5.74) is 0. The molecule has 0 saturated heterocycles. The van der Waals surface area contributed by atoms with Crippen molar-refractivity contribution in [3.63, 3.8) is 0 Å². The molecule has 2 atom stereocenters. The predicted molar refractivity (Wildman–Crippen MR) is 36.8 cm³/mol. The van der Waals surface area contributed by atoms with Crippen molar-refractivity contribution < 1.29 is 28.0 Å². The van der Waals surface area contributed by atoms with E-state index in [1.807, 2.05) is 0 Å². The summed E-state index contributed by atoms with van der Waals surface area (Å²) in [6.45, 7) is 0. The zero-order valence-corrected chi connectivity index (χ0v) is 7.71. The topological polar surface area (TPSA) is 105 Å². The maximum Gasteiger partial charge on any atom is 0.412 e. The van der Waals surface area contributed by atoms with Crippen LogP contribution in [0.2, 0.25) is 0 Å². The molecular weight excluding hydrogens is 196 g/mol. The highest BCUT2D eigenvalue weighted by Crippen LogP contribution is 2.50. The van der Waals surface area contributed by atoms with Gasteiger partial charge in [0.05, 0.1) is 0 Å². The number of hydrogen-bond acceptors (Lipinski definition) is 4. The molecule has 68 valence electrons. The van der Waals surface area contributed by atoms with Crippen LogP contribution in [0.1, 0.15) is 0 Å². The highest BCUT2D eigenvalue weighted by Gasteiger charge is 2.29. The molecule has 0 aliphatic carbocycles. The molecular formula is C2H9NO6P2. The summed E-state index contributed by atoms with van der Waals surface area (Å²) in [6.07, 6.45) is 0. The van der Waals surface area contributed by atoms with Gasteiger partial charge in [0, 0.05) is 14.2 Å². The van der Waals surface area contributed by atoms with Gasteiger partial charge in [-0.05, 0) is 0 Å². The SMILES string of the molecule is COP(=O)(O)NP(=O)(O)OC. The fourth-order valence-corrected chi connectivity index (χ4v) is 2.17. The average molecular weight is 205 g/mol. The van der Waals surface area contributed by atoms with Crippen molar-refractivity contribution in [2.45, 2.75) is 0 Å². The van der Waals surface area contributed by atoms with Crippen molar-refractivity contribution in [1.29, 1.82) is 0 Å². The molecule has 11 heavy (non-hydrogen) atoms. The Morgan fingerprint density at radius 3 is 1.55 bits per heavy atom. The molecule has 2 unspecified atom stereocenters. The summed E-state index contributed by atoms with van der Waals surface area (Å²) in [4.78, 5) is 18.6. The van der Waals surface area contributed by atoms with Gasteiger partial charge in [-0.1, -0.05) is 0 Å². The van der Waals surface area contributed by atoms with Crippen LogP contribution in [0, 0.1) is 0 Å². The Hall–Kier alpha value is 0.260. The van der Waals surface area contributed by atoms with Crippen molar-refractivity contribution in [2.75, 3.05) is 14.2 Å². The van der Waals surface area contributed by atoms with Crippen LogP contribution in [0.5, 0.6) is 0 Å². The second-order valence-electron chi connectivity index (χ2n) is 1.51. The normalized spacial score (nSPS) is 22.2. The summed E-state index contributed by atoms with van der Waals surface area (Å²) in [6, 6.07) is 0. The van der Waals surface area contributed by atoms with Crippen molar-refractivity contribution in [1.82, 2.24) is 4.86 Å². The second kappa shape index (κ2) is 3.78. The van der Waals surface area contributed by atoms with Gasteiger partial charge in [-0.25, -0.2) is 9.13 Å². The Morgan fingerprint density at radius 1 is 1.09 bits per heavy atom. The van der Waals surface area contributed by atoms with Gasteiger partial charge in [0.15, 0.2) is 0 Å². The first-order chi connectivity index (χ1) is 4.83. The van der Waals surface area contributed by atoms with E-state index in [1.165, 1.54) is 4.86 Å². The van der Waals surface area contributed by atoms with Crippen molar-refractivity contribution in [3.8, 4) is 0 Å². The molecule has 3 N–H and O–H groups in total. The predicted octanol–water partition coefficient (Wildman–Crippen LogP) is 0.0696. The van der Waals surface area contributed by atoms with E-state index in [-0.39, 0.29) is 0 Å². The van der Waals surface area contributed by atoms with E-state index in [4.69, 9.17) is 9.79 Å². The molecule has 0 amide bonds. The fourth-order valence-electron chi connectivity index (χ4n) is 0.241. The molecule has 0 spiro atoms. The molecule has 0 aromatic heterocycles. The first-order valence-corrected chi connectivity index (χ1v) is 5.55. The summed E-state index contributed by atoms with van der Waals surface area (Å²) in [7, 11) is -6.56. The highest BCUT2D eigenvalue weighted by molar-refractivity contribution is 7.66. The van der Waals surface area contributed by atoms with E-state index in [0.29, 0.717) is 0 Å². The number of nitrogens with one attached hydrogen (secondary N) is 1. The minimum Gasteiger partial charge on any atom is -0.312 e. The van der Waals surface area contributed by atoms with E-state index in [2.05, 4.69) is 9.05 Å². The standard InChI is InChI=1S/C2H9NO6P2/c1-8-10(4,5)3-11(6,7)9-2/h1-2H3,(H3,3,4,5,6,7). The molecule has 0 fully saturated rings. The van der Waals surface area contributed by atoms with E-state index in [1.54, 1.807) is 0 Å². The van der Waals surface area contributed by atoms with Gasteiger partial charge in [-0.3, -0.25) is 9.05 Å². The molecule has 0 aromatic carbocycles. The van der Waals surface area contributed by atoms with Crippen LogP contribution < -0.4 is 4.86 Å². The minimum atomic E-state index is -4.20. The van der Waals surface area contributed by atoms with Gasteiger partial charge in [-0.2, -0.15) is 0 Å². The van der Waals surface area contributed by atoms with E-state index < -0.39 is 15.5 Å². The van der Waals surface area contributed by atoms with Crippen LogP contribution in [-0.2, 0) is 18.2 Å². The third kappa shape index (κ3) is 4.66. The first kappa shape index (κ1) is 11.3. The van der Waals surface area contributed by atoms with Crippen LogP contribution >= 0.6 is 15.5 Å². The van der Waals surface area contributed by atoms with Crippen LogP contribution in [0.4, 0.5) is 0 Å².